The molecule has 2 heterocycles. The predicted octanol–water partition coefficient (Wildman–Crippen LogP) is -1.63. The zero-order valence-electron chi connectivity index (χ0n) is 7.18. The first-order valence-electron chi connectivity index (χ1n) is 3.74. The van der Waals surface area contributed by atoms with Gasteiger partial charge in [-0.1, -0.05) is 0 Å². The van der Waals surface area contributed by atoms with Gasteiger partial charge in [0.25, 0.3) is 5.66 Å². The lowest BCUT2D eigenvalue weighted by atomic mass is 10.1. The number of carboxylic acid groups (broad SMARTS) is 1. The van der Waals surface area contributed by atoms with Gasteiger partial charge in [0.2, 0.25) is 0 Å². The molecule has 1 saturated heterocycles. The Bertz CT molecular complexity index is 376. The third kappa shape index (κ3) is 0.767. The maximum atomic E-state index is 11.2. The summed E-state index contributed by atoms with van der Waals surface area (Å²) in [5.74, 6) is -1.28. The second-order valence-electron chi connectivity index (χ2n) is 2.81. The fourth-order valence-corrected chi connectivity index (χ4v) is 1.35. The number of aliphatic imine (C=N–C) groups is 1. The van der Waals surface area contributed by atoms with Gasteiger partial charge in [-0.3, -0.25) is 15.6 Å². The lowest BCUT2D eigenvalue weighted by Crippen LogP contribution is -2.55. The Morgan fingerprint density at radius 3 is 3.00 bits per heavy atom. The van der Waals surface area contributed by atoms with Crippen molar-refractivity contribution in [3.63, 3.8) is 0 Å². The van der Waals surface area contributed by atoms with E-state index in [1.165, 1.54) is 7.05 Å². The molecule has 1 atom stereocenters. The highest BCUT2D eigenvalue weighted by Gasteiger charge is 2.57. The summed E-state index contributed by atoms with van der Waals surface area (Å²) in [5.41, 5.74) is 0.635. The van der Waals surface area contributed by atoms with Gasteiger partial charge in [-0.2, -0.15) is 5.10 Å². The van der Waals surface area contributed by atoms with Crippen molar-refractivity contribution >= 4 is 24.2 Å². The summed E-state index contributed by atoms with van der Waals surface area (Å²) in [4.78, 5) is 27.0. The van der Waals surface area contributed by atoms with E-state index in [1.54, 1.807) is 0 Å². The van der Waals surface area contributed by atoms with Crippen LogP contribution in [0.1, 0.15) is 0 Å². The monoisotopic (exact) mass is 197 g/mol. The third-order valence-electron chi connectivity index (χ3n) is 2.13. The van der Waals surface area contributed by atoms with Gasteiger partial charge in [0.15, 0.2) is 5.84 Å². The molecule has 2 amide bonds. The Morgan fingerprint density at radius 1 is 1.71 bits per heavy atom. The van der Waals surface area contributed by atoms with Crippen LogP contribution in [0.25, 0.3) is 0 Å². The summed E-state index contributed by atoms with van der Waals surface area (Å²) < 4.78 is 0. The molecule has 74 valence electrons. The summed E-state index contributed by atoms with van der Waals surface area (Å²) in [6.07, 6.45) is 1.13. The van der Waals surface area contributed by atoms with E-state index in [0.717, 1.165) is 11.2 Å². The number of aliphatic carboxylic acids is 1. The van der Waals surface area contributed by atoms with Gasteiger partial charge in [-0.15, -0.1) is 0 Å². The van der Waals surface area contributed by atoms with E-state index < -0.39 is 17.7 Å². The topological polar surface area (TPSA) is 106 Å². The zero-order valence-corrected chi connectivity index (χ0v) is 7.18. The Labute approximate surface area is 78.3 Å². The number of amides is 2. The number of nitrogens with zero attached hydrogens (tertiary/aromatic N) is 3. The smallest absolute Gasteiger partial charge is 0.361 e. The van der Waals surface area contributed by atoms with Gasteiger partial charge < -0.3 is 5.11 Å². The van der Waals surface area contributed by atoms with E-state index in [0.29, 0.717) is 0 Å². The first-order chi connectivity index (χ1) is 6.59. The van der Waals surface area contributed by atoms with Crippen LogP contribution >= 0.6 is 0 Å². The molecule has 0 aromatic heterocycles. The molecule has 0 aromatic carbocycles. The van der Waals surface area contributed by atoms with Gasteiger partial charge in [0, 0.05) is 7.05 Å². The van der Waals surface area contributed by atoms with Crippen molar-refractivity contribution in [2.24, 2.45) is 10.1 Å². The number of hydrogen-bond donors (Lipinski definition) is 3. The van der Waals surface area contributed by atoms with Crippen LogP contribution in [-0.2, 0) is 4.79 Å². The van der Waals surface area contributed by atoms with E-state index >= 15 is 0 Å². The second kappa shape index (κ2) is 2.44. The summed E-state index contributed by atoms with van der Waals surface area (Å²) >= 11 is 0. The molecule has 2 aliphatic rings. The first kappa shape index (κ1) is 8.48. The SMILES string of the molecule is CN1C(=O)NC2=NNC=NC21C(=O)O. The number of urea groups is 1. The zero-order chi connectivity index (χ0) is 10.3. The largest absolute Gasteiger partial charge is 0.478 e. The normalized spacial score (nSPS) is 29.1. The Morgan fingerprint density at radius 2 is 2.43 bits per heavy atom. The molecule has 8 heteroatoms. The number of nitrogens with one attached hydrogen (secondary N) is 2. The van der Waals surface area contributed by atoms with Gasteiger partial charge >= 0.3 is 12.0 Å². The second-order valence-corrected chi connectivity index (χ2v) is 2.81. The molecule has 8 nitrogen and oxygen atoms in total. The Hall–Kier alpha value is -2.12. The molecule has 1 fully saturated rings. The minimum atomic E-state index is -1.73. The van der Waals surface area contributed by atoms with Gasteiger partial charge in [-0.05, 0) is 0 Å². The highest BCUT2D eigenvalue weighted by Crippen LogP contribution is 2.24. The van der Waals surface area contributed by atoms with Crippen molar-refractivity contribution < 1.29 is 14.7 Å². The van der Waals surface area contributed by atoms with Crippen LogP contribution in [0.2, 0.25) is 0 Å². The van der Waals surface area contributed by atoms with E-state index in [2.05, 4.69) is 20.8 Å². The van der Waals surface area contributed by atoms with Crippen molar-refractivity contribution in [2.75, 3.05) is 7.05 Å². The molecule has 2 rings (SSSR count). The third-order valence-corrected chi connectivity index (χ3v) is 2.13. The molecule has 2 aliphatic heterocycles. The first-order valence-corrected chi connectivity index (χ1v) is 3.74. The number of fused-ring (bicyclic) bond motifs is 1. The molecular weight excluding hydrogens is 190 g/mol. The van der Waals surface area contributed by atoms with Gasteiger partial charge in [0.05, 0.1) is 0 Å². The Kier molecular flexibility index (Phi) is 1.48. The molecule has 3 N–H and O–H groups in total. The van der Waals surface area contributed by atoms with Crippen molar-refractivity contribution in [1.82, 2.24) is 15.6 Å². The van der Waals surface area contributed by atoms with Crippen molar-refractivity contribution in [3.05, 3.63) is 0 Å². The molecule has 0 aromatic rings. The van der Waals surface area contributed by atoms with Crippen LogP contribution in [0.5, 0.6) is 0 Å². The number of carbonyl (C=O) groups is 2. The molecule has 0 bridgehead atoms. The summed E-state index contributed by atoms with van der Waals surface area (Å²) in [7, 11) is 1.34. The van der Waals surface area contributed by atoms with E-state index in [4.69, 9.17) is 5.11 Å². The highest BCUT2D eigenvalue weighted by molar-refractivity contribution is 6.21. The average Bonchev–Trinajstić information content (AvgIpc) is 2.41. The number of rotatable bonds is 1. The molecule has 0 aliphatic carbocycles. The summed E-state index contributed by atoms with van der Waals surface area (Å²) in [5, 5.41) is 15.0. The number of carbonyl (C=O) groups excluding carboxylic acids is 1. The van der Waals surface area contributed by atoms with Gasteiger partial charge in [0.1, 0.15) is 6.34 Å². The molecule has 1 unspecified atom stereocenters. The molecule has 14 heavy (non-hydrogen) atoms. The maximum Gasteiger partial charge on any atom is 0.361 e. The highest BCUT2D eigenvalue weighted by atomic mass is 16.4. The van der Waals surface area contributed by atoms with Crippen LogP contribution in [0.4, 0.5) is 4.79 Å². The average molecular weight is 197 g/mol. The summed E-state index contributed by atoms with van der Waals surface area (Å²) in [6.45, 7) is 0. The van der Waals surface area contributed by atoms with Crippen LogP contribution in [0.15, 0.2) is 10.1 Å². The van der Waals surface area contributed by atoms with Gasteiger partial charge in [-0.25, -0.2) is 14.6 Å². The number of carboxylic acids is 1. The standard InChI is InChI=1S/C6H7N5O3/c1-11-5(14)9-3-6(11,4(12)13)7-2-8-10-3/h2H,1H3,(H,7,8)(H,12,13)(H,9,10,14). The molecule has 0 saturated carbocycles. The van der Waals surface area contributed by atoms with E-state index in [-0.39, 0.29) is 5.84 Å². The predicted molar refractivity (Wildman–Crippen MR) is 45.7 cm³/mol. The van der Waals surface area contributed by atoms with Crippen molar-refractivity contribution in [2.45, 2.75) is 5.66 Å². The number of hydrazone groups is 1. The minimum Gasteiger partial charge on any atom is -0.478 e. The van der Waals surface area contributed by atoms with E-state index in [1.807, 2.05) is 0 Å². The van der Waals surface area contributed by atoms with Crippen LogP contribution in [0.3, 0.4) is 0 Å². The molecule has 0 spiro atoms. The minimum absolute atomic E-state index is 0.0278. The summed E-state index contributed by atoms with van der Waals surface area (Å²) in [6, 6.07) is -0.549. The Balaban J connectivity index is 2.56. The van der Waals surface area contributed by atoms with E-state index in [9.17, 15) is 9.59 Å². The number of hydrogen-bond acceptors (Lipinski definition) is 5. The maximum absolute atomic E-state index is 11.2. The fourth-order valence-electron chi connectivity index (χ4n) is 1.35. The lowest BCUT2D eigenvalue weighted by Gasteiger charge is -2.26. The van der Waals surface area contributed by atoms with Crippen molar-refractivity contribution in [3.8, 4) is 0 Å². The lowest BCUT2D eigenvalue weighted by molar-refractivity contribution is -0.144. The molecule has 0 radical (unpaired) electrons. The number of amidine groups is 1. The van der Waals surface area contributed by atoms with Crippen molar-refractivity contribution in [1.29, 1.82) is 0 Å². The van der Waals surface area contributed by atoms with Crippen LogP contribution < -0.4 is 10.7 Å². The van der Waals surface area contributed by atoms with Crippen LogP contribution in [0, 0.1) is 0 Å². The van der Waals surface area contributed by atoms with Crippen LogP contribution in [-0.4, -0.2) is 46.9 Å². The number of likely N-dealkylation sites (N-methyl/N-ethyl adjacent to an activating group) is 1. The quantitative estimate of drug-likeness (QED) is 0.469. The molecular formula is C6H7N5O3. The fraction of sp³-hybridized carbons (Fsp3) is 0.333.